The molecule has 6 heteroatoms. The molecule has 0 bridgehead atoms. The molecule has 2 amide bonds. The number of hydrogen-bond donors (Lipinski definition) is 1. The second kappa shape index (κ2) is 10.8. The quantitative estimate of drug-likeness (QED) is 0.562. The van der Waals surface area contributed by atoms with Gasteiger partial charge in [-0.25, -0.2) is 0 Å². The van der Waals surface area contributed by atoms with Crippen molar-refractivity contribution < 1.29 is 14.3 Å². The first-order valence-electron chi connectivity index (χ1n) is 11.4. The van der Waals surface area contributed by atoms with Gasteiger partial charge in [0.1, 0.15) is 17.5 Å². The summed E-state index contributed by atoms with van der Waals surface area (Å²) in [7, 11) is 1.60. The number of pyridine rings is 1. The van der Waals surface area contributed by atoms with Crippen LogP contribution in [0, 0.1) is 0 Å². The SMILES string of the molecule is COc1ccc([C@@H](C(=O)NC2CCCCC2)N(C(=O)c2ccccn2)c2ccccc2)cc1. The number of methoxy groups -OCH3 is 1. The van der Waals surface area contributed by atoms with Crippen LogP contribution in [0.1, 0.15) is 54.2 Å². The smallest absolute Gasteiger partial charge is 0.277 e. The summed E-state index contributed by atoms with van der Waals surface area (Å²) in [6, 6.07) is 21.1. The van der Waals surface area contributed by atoms with Gasteiger partial charge in [-0.05, 0) is 54.8 Å². The lowest BCUT2D eigenvalue weighted by atomic mass is 9.94. The predicted molar refractivity (Wildman–Crippen MR) is 128 cm³/mol. The topological polar surface area (TPSA) is 71.5 Å². The number of carbonyl (C=O) groups excluding carboxylic acids is 2. The number of rotatable bonds is 7. The number of hydrogen-bond acceptors (Lipinski definition) is 4. The van der Waals surface area contributed by atoms with Gasteiger partial charge in [-0.3, -0.25) is 19.5 Å². The molecule has 1 aromatic heterocycles. The second-order valence-corrected chi connectivity index (χ2v) is 8.24. The van der Waals surface area contributed by atoms with E-state index < -0.39 is 6.04 Å². The van der Waals surface area contributed by atoms with E-state index in [2.05, 4.69) is 10.3 Å². The van der Waals surface area contributed by atoms with E-state index >= 15 is 0 Å². The van der Waals surface area contributed by atoms with Gasteiger partial charge >= 0.3 is 0 Å². The molecule has 1 saturated carbocycles. The Morgan fingerprint density at radius 1 is 0.939 bits per heavy atom. The molecule has 2 aromatic carbocycles. The summed E-state index contributed by atoms with van der Waals surface area (Å²) in [5.74, 6) is 0.161. The highest BCUT2D eigenvalue weighted by molar-refractivity contribution is 6.09. The monoisotopic (exact) mass is 443 g/mol. The van der Waals surface area contributed by atoms with Crippen LogP contribution in [0.4, 0.5) is 5.69 Å². The zero-order chi connectivity index (χ0) is 23.0. The van der Waals surface area contributed by atoms with Crippen LogP contribution in [0.5, 0.6) is 5.75 Å². The molecule has 0 radical (unpaired) electrons. The zero-order valence-corrected chi connectivity index (χ0v) is 18.8. The first-order valence-corrected chi connectivity index (χ1v) is 11.4. The van der Waals surface area contributed by atoms with Gasteiger partial charge < -0.3 is 10.1 Å². The molecule has 1 heterocycles. The summed E-state index contributed by atoms with van der Waals surface area (Å²) in [4.78, 5) is 33.3. The molecule has 0 unspecified atom stereocenters. The van der Waals surface area contributed by atoms with Crippen molar-refractivity contribution in [3.63, 3.8) is 0 Å². The van der Waals surface area contributed by atoms with Crippen molar-refractivity contribution in [2.75, 3.05) is 12.0 Å². The molecule has 4 rings (SSSR count). The number of para-hydroxylation sites is 1. The Morgan fingerprint density at radius 2 is 1.64 bits per heavy atom. The molecule has 170 valence electrons. The summed E-state index contributed by atoms with van der Waals surface area (Å²) in [6.07, 6.45) is 6.91. The van der Waals surface area contributed by atoms with E-state index in [0.29, 0.717) is 17.0 Å². The van der Waals surface area contributed by atoms with Crippen molar-refractivity contribution in [1.82, 2.24) is 10.3 Å². The highest BCUT2D eigenvalue weighted by atomic mass is 16.5. The minimum Gasteiger partial charge on any atom is -0.497 e. The van der Waals surface area contributed by atoms with Crippen molar-refractivity contribution in [2.45, 2.75) is 44.2 Å². The van der Waals surface area contributed by atoms with E-state index in [4.69, 9.17) is 4.74 Å². The first kappa shape index (κ1) is 22.5. The Balaban J connectivity index is 1.77. The van der Waals surface area contributed by atoms with Crippen LogP contribution in [0.2, 0.25) is 0 Å². The molecule has 33 heavy (non-hydrogen) atoms. The Labute approximate surface area is 194 Å². The zero-order valence-electron chi connectivity index (χ0n) is 18.8. The highest BCUT2D eigenvalue weighted by Crippen LogP contribution is 2.31. The fraction of sp³-hybridized carbons (Fsp3) is 0.296. The van der Waals surface area contributed by atoms with Crippen LogP contribution in [-0.4, -0.2) is 29.9 Å². The van der Waals surface area contributed by atoms with E-state index in [-0.39, 0.29) is 23.6 Å². The number of aromatic nitrogens is 1. The molecule has 0 saturated heterocycles. The molecule has 1 N–H and O–H groups in total. The number of nitrogens with zero attached hydrogens (tertiary/aromatic N) is 2. The van der Waals surface area contributed by atoms with Gasteiger partial charge in [0.2, 0.25) is 5.91 Å². The van der Waals surface area contributed by atoms with E-state index in [1.165, 1.54) is 6.42 Å². The molecule has 1 atom stereocenters. The number of anilines is 1. The fourth-order valence-corrected chi connectivity index (χ4v) is 4.32. The Morgan fingerprint density at radius 3 is 2.27 bits per heavy atom. The number of amides is 2. The van der Waals surface area contributed by atoms with Crippen LogP contribution < -0.4 is 15.0 Å². The van der Waals surface area contributed by atoms with Crippen LogP contribution in [-0.2, 0) is 4.79 Å². The average molecular weight is 444 g/mol. The second-order valence-electron chi connectivity index (χ2n) is 8.24. The average Bonchev–Trinajstić information content (AvgIpc) is 2.88. The van der Waals surface area contributed by atoms with E-state index in [1.54, 1.807) is 36.4 Å². The molecule has 3 aromatic rings. The highest BCUT2D eigenvalue weighted by Gasteiger charge is 2.35. The third-order valence-corrected chi connectivity index (χ3v) is 6.03. The Hall–Kier alpha value is -3.67. The van der Waals surface area contributed by atoms with Crippen LogP contribution in [0.3, 0.4) is 0 Å². The van der Waals surface area contributed by atoms with Crippen molar-refractivity contribution in [2.24, 2.45) is 0 Å². The van der Waals surface area contributed by atoms with Gasteiger partial charge in [0, 0.05) is 17.9 Å². The lowest BCUT2D eigenvalue weighted by Crippen LogP contribution is -2.47. The summed E-state index contributed by atoms with van der Waals surface area (Å²) in [5.41, 5.74) is 1.62. The maximum Gasteiger partial charge on any atom is 0.277 e. The normalized spacial score (nSPS) is 14.8. The third-order valence-electron chi connectivity index (χ3n) is 6.03. The van der Waals surface area contributed by atoms with Crippen molar-refractivity contribution in [3.8, 4) is 5.75 Å². The van der Waals surface area contributed by atoms with Gasteiger partial charge in [0.15, 0.2) is 0 Å². The molecule has 1 aliphatic rings. The van der Waals surface area contributed by atoms with E-state index in [9.17, 15) is 9.59 Å². The Bertz CT molecular complexity index is 1050. The van der Waals surface area contributed by atoms with Gasteiger partial charge in [-0.15, -0.1) is 0 Å². The minimum absolute atomic E-state index is 0.120. The number of ether oxygens (including phenoxy) is 1. The lowest BCUT2D eigenvalue weighted by Gasteiger charge is -2.33. The molecule has 1 aliphatic carbocycles. The van der Waals surface area contributed by atoms with E-state index in [1.807, 2.05) is 54.6 Å². The van der Waals surface area contributed by atoms with E-state index in [0.717, 1.165) is 25.7 Å². The molecule has 0 aliphatic heterocycles. The van der Waals surface area contributed by atoms with Crippen molar-refractivity contribution in [3.05, 3.63) is 90.3 Å². The molecule has 1 fully saturated rings. The molecule has 6 nitrogen and oxygen atoms in total. The summed E-state index contributed by atoms with van der Waals surface area (Å²) >= 11 is 0. The summed E-state index contributed by atoms with van der Waals surface area (Å²) < 4.78 is 5.30. The lowest BCUT2D eigenvalue weighted by molar-refractivity contribution is -0.123. The maximum absolute atomic E-state index is 13.8. The summed E-state index contributed by atoms with van der Waals surface area (Å²) in [5, 5.41) is 3.22. The van der Waals surface area contributed by atoms with Gasteiger partial charge in [0.25, 0.3) is 5.91 Å². The standard InChI is InChI=1S/C27H29N3O3/c1-33-23-17-15-20(16-18-23)25(26(31)29-21-10-4-2-5-11-21)30(22-12-6-3-7-13-22)27(32)24-14-8-9-19-28-24/h3,6-9,12-19,21,25H,2,4-5,10-11H2,1H3,(H,29,31)/t25-/m0/s1. The van der Waals surface area contributed by atoms with Gasteiger partial charge in [-0.2, -0.15) is 0 Å². The number of nitrogens with one attached hydrogen (secondary N) is 1. The largest absolute Gasteiger partial charge is 0.497 e. The van der Waals surface area contributed by atoms with Gasteiger partial charge in [-0.1, -0.05) is 55.7 Å². The molecular formula is C27H29N3O3. The molecular weight excluding hydrogens is 414 g/mol. The predicted octanol–water partition coefficient (Wildman–Crippen LogP) is 4.93. The molecule has 0 spiro atoms. The fourth-order valence-electron chi connectivity index (χ4n) is 4.32. The van der Waals surface area contributed by atoms with Crippen molar-refractivity contribution >= 4 is 17.5 Å². The van der Waals surface area contributed by atoms with Crippen LogP contribution in [0.15, 0.2) is 79.0 Å². The Kier molecular flexibility index (Phi) is 7.35. The first-order chi connectivity index (χ1) is 16.2. The number of carbonyl (C=O) groups is 2. The summed E-state index contributed by atoms with van der Waals surface area (Å²) in [6.45, 7) is 0. The van der Waals surface area contributed by atoms with Crippen LogP contribution in [0.25, 0.3) is 0 Å². The third kappa shape index (κ3) is 5.40. The van der Waals surface area contributed by atoms with Gasteiger partial charge in [0.05, 0.1) is 7.11 Å². The maximum atomic E-state index is 13.8. The van der Waals surface area contributed by atoms with Crippen molar-refractivity contribution in [1.29, 1.82) is 0 Å². The van der Waals surface area contributed by atoms with Crippen LogP contribution >= 0.6 is 0 Å². The number of benzene rings is 2. The minimum atomic E-state index is -0.852.